The first-order chi connectivity index (χ1) is 10.1. The molecule has 5 nitrogen and oxygen atoms in total. The SMILES string of the molecule is CNC(=O)C1CCCN1CC(=O)c1ccc(OC)c(Cl)c1. The zero-order valence-corrected chi connectivity index (χ0v) is 12.9. The van der Waals surface area contributed by atoms with Gasteiger partial charge < -0.3 is 10.1 Å². The summed E-state index contributed by atoms with van der Waals surface area (Å²) in [5.74, 6) is 0.459. The Bertz CT molecular complexity index is 548. The Labute approximate surface area is 129 Å². The molecule has 1 fully saturated rings. The molecule has 1 heterocycles. The van der Waals surface area contributed by atoms with Gasteiger partial charge in [-0.05, 0) is 37.6 Å². The first kappa shape index (κ1) is 15.8. The van der Waals surface area contributed by atoms with Crippen LogP contribution in [0, 0.1) is 0 Å². The predicted octanol–water partition coefficient (Wildman–Crippen LogP) is 1.74. The van der Waals surface area contributed by atoms with E-state index in [2.05, 4.69) is 5.32 Å². The molecule has 2 rings (SSSR count). The van der Waals surface area contributed by atoms with E-state index in [-0.39, 0.29) is 24.3 Å². The lowest BCUT2D eigenvalue weighted by atomic mass is 10.1. The number of hydrogen-bond acceptors (Lipinski definition) is 4. The van der Waals surface area contributed by atoms with Gasteiger partial charge in [-0.15, -0.1) is 0 Å². The zero-order chi connectivity index (χ0) is 15.4. The van der Waals surface area contributed by atoms with Crippen LogP contribution in [0.4, 0.5) is 0 Å². The summed E-state index contributed by atoms with van der Waals surface area (Å²) in [4.78, 5) is 26.0. The molecule has 1 atom stereocenters. The number of benzene rings is 1. The summed E-state index contributed by atoms with van der Waals surface area (Å²) in [5, 5.41) is 3.05. The number of halogens is 1. The molecule has 21 heavy (non-hydrogen) atoms. The zero-order valence-electron chi connectivity index (χ0n) is 12.2. The van der Waals surface area contributed by atoms with Gasteiger partial charge in [-0.1, -0.05) is 11.6 Å². The third-order valence-corrected chi connectivity index (χ3v) is 4.03. The Morgan fingerprint density at radius 2 is 2.24 bits per heavy atom. The van der Waals surface area contributed by atoms with Crippen molar-refractivity contribution in [1.29, 1.82) is 0 Å². The van der Waals surface area contributed by atoms with Crippen LogP contribution in [0.25, 0.3) is 0 Å². The molecule has 0 saturated carbocycles. The van der Waals surface area contributed by atoms with Crippen LogP contribution in [0.15, 0.2) is 18.2 Å². The molecule has 1 aromatic rings. The van der Waals surface area contributed by atoms with Gasteiger partial charge in [-0.3, -0.25) is 14.5 Å². The summed E-state index contributed by atoms with van der Waals surface area (Å²) in [6, 6.07) is 4.76. The first-order valence-corrected chi connectivity index (χ1v) is 7.27. The lowest BCUT2D eigenvalue weighted by Crippen LogP contribution is -2.44. The number of carbonyl (C=O) groups is 2. The Balaban J connectivity index is 2.07. The van der Waals surface area contributed by atoms with Gasteiger partial charge in [0.05, 0.1) is 24.7 Å². The van der Waals surface area contributed by atoms with Gasteiger partial charge in [0.1, 0.15) is 5.75 Å². The first-order valence-electron chi connectivity index (χ1n) is 6.89. The summed E-state index contributed by atoms with van der Waals surface area (Å²) in [7, 11) is 3.14. The number of ether oxygens (including phenoxy) is 1. The van der Waals surface area contributed by atoms with E-state index in [1.807, 2.05) is 4.90 Å². The van der Waals surface area contributed by atoms with E-state index in [0.29, 0.717) is 16.3 Å². The number of methoxy groups -OCH3 is 1. The molecule has 1 aliphatic rings. The maximum atomic E-state index is 12.3. The van der Waals surface area contributed by atoms with E-state index in [9.17, 15) is 9.59 Å². The minimum absolute atomic E-state index is 0.0342. The monoisotopic (exact) mass is 310 g/mol. The normalized spacial score (nSPS) is 18.5. The third-order valence-electron chi connectivity index (χ3n) is 3.73. The Morgan fingerprint density at radius 3 is 2.86 bits per heavy atom. The lowest BCUT2D eigenvalue weighted by molar-refractivity contribution is -0.124. The number of carbonyl (C=O) groups excluding carboxylic acids is 2. The van der Waals surface area contributed by atoms with Gasteiger partial charge in [0.25, 0.3) is 0 Å². The van der Waals surface area contributed by atoms with E-state index >= 15 is 0 Å². The number of Topliss-reactive ketones (excluding diaryl/α,β-unsaturated/α-hetero) is 1. The van der Waals surface area contributed by atoms with Crippen LogP contribution < -0.4 is 10.1 Å². The summed E-state index contributed by atoms with van der Waals surface area (Å²) in [6.07, 6.45) is 1.71. The van der Waals surface area contributed by atoms with Crippen molar-refractivity contribution in [2.75, 3.05) is 27.2 Å². The third kappa shape index (κ3) is 3.54. The van der Waals surface area contributed by atoms with Crippen molar-refractivity contribution in [3.05, 3.63) is 28.8 Å². The second kappa shape index (κ2) is 6.91. The van der Waals surface area contributed by atoms with E-state index in [1.54, 1.807) is 25.2 Å². The molecular weight excluding hydrogens is 292 g/mol. The van der Waals surface area contributed by atoms with Crippen LogP contribution in [-0.2, 0) is 4.79 Å². The van der Waals surface area contributed by atoms with Gasteiger partial charge >= 0.3 is 0 Å². The largest absolute Gasteiger partial charge is 0.495 e. The van der Waals surface area contributed by atoms with Crippen LogP contribution in [0.5, 0.6) is 5.75 Å². The fraction of sp³-hybridized carbons (Fsp3) is 0.467. The molecule has 1 unspecified atom stereocenters. The van der Waals surface area contributed by atoms with E-state index in [4.69, 9.17) is 16.3 Å². The fourth-order valence-electron chi connectivity index (χ4n) is 2.59. The van der Waals surface area contributed by atoms with Gasteiger partial charge in [0.2, 0.25) is 5.91 Å². The van der Waals surface area contributed by atoms with Gasteiger partial charge in [0, 0.05) is 12.6 Å². The standard InChI is InChI=1S/C15H19ClN2O3/c1-17-15(20)12-4-3-7-18(12)9-13(19)10-5-6-14(21-2)11(16)8-10/h5-6,8,12H,3-4,7,9H2,1-2H3,(H,17,20). The molecule has 0 bridgehead atoms. The molecule has 1 N–H and O–H groups in total. The topological polar surface area (TPSA) is 58.6 Å². The maximum Gasteiger partial charge on any atom is 0.237 e. The average Bonchev–Trinajstić information content (AvgIpc) is 2.94. The molecular formula is C15H19ClN2O3. The number of nitrogens with one attached hydrogen (secondary N) is 1. The van der Waals surface area contributed by atoms with Crippen molar-refractivity contribution in [1.82, 2.24) is 10.2 Å². The lowest BCUT2D eigenvalue weighted by Gasteiger charge is -2.22. The smallest absolute Gasteiger partial charge is 0.237 e. The van der Waals surface area contributed by atoms with Crippen molar-refractivity contribution >= 4 is 23.3 Å². The fourth-order valence-corrected chi connectivity index (χ4v) is 2.85. The highest BCUT2D eigenvalue weighted by Gasteiger charge is 2.31. The van der Waals surface area contributed by atoms with Crippen LogP contribution in [0.1, 0.15) is 23.2 Å². The number of amides is 1. The van der Waals surface area contributed by atoms with Crippen LogP contribution in [0.2, 0.25) is 5.02 Å². The van der Waals surface area contributed by atoms with Crippen LogP contribution in [0.3, 0.4) is 0 Å². The summed E-state index contributed by atoms with van der Waals surface area (Å²) >= 11 is 6.04. The van der Waals surface area contributed by atoms with Crippen molar-refractivity contribution in [2.24, 2.45) is 0 Å². The molecule has 1 aromatic carbocycles. The minimum Gasteiger partial charge on any atom is -0.495 e. The highest BCUT2D eigenvalue weighted by molar-refractivity contribution is 6.32. The second-order valence-electron chi connectivity index (χ2n) is 5.02. The van der Waals surface area contributed by atoms with Gasteiger partial charge in [-0.25, -0.2) is 0 Å². The summed E-state index contributed by atoms with van der Waals surface area (Å²) < 4.78 is 5.07. The van der Waals surface area contributed by atoms with Crippen LogP contribution >= 0.6 is 11.6 Å². The molecule has 1 aliphatic heterocycles. The number of hydrogen-bond donors (Lipinski definition) is 1. The number of ketones is 1. The van der Waals surface area contributed by atoms with Crippen LogP contribution in [-0.4, -0.2) is 49.9 Å². The molecule has 0 radical (unpaired) electrons. The van der Waals surface area contributed by atoms with Gasteiger partial charge in [-0.2, -0.15) is 0 Å². The highest BCUT2D eigenvalue weighted by Crippen LogP contribution is 2.25. The Morgan fingerprint density at radius 1 is 1.48 bits per heavy atom. The molecule has 1 amide bonds. The van der Waals surface area contributed by atoms with Crippen molar-refractivity contribution < 1.29 is 14.3 Å². The molecule has 114 valence electrons. The predicted molar refractivity (Wildman–Crippen MR) is 81.0 cm³/mol. The number of likely N-dealkylation sites (N-methyl/N-ethyl adjacent to an activating group) is 1. The van der Waals surface area contributed by atoms with Crippen molar-refractivity contribution in [3.8, 4) is 5.75 Å². The molecule has 0 aromatic heterocycles. The number of likely N-dealkylation sites (tertiary alicyclic amines) is 1. The van der Waals surface area contributed by atoms with E-state index < -0.39 is 0 Å². The van der Waals surface area contributed by atoms with Gasteiger partial charge in [0.15, 0.2) is 5.78 Å². The molecule has 6 heteroatoms. The second-order valence-corrected chi connectivity index (χ2v) is 5.42. The summed E-state index contributed by atoms with van der Waals surface area (Å²) in [6.45, 7) is 0.981. The Hall–Kier alpha value is -1.59. The highest BCUT2D eigenvalue weighted by atomic mass is 35.5. The van der Waals surface area contributed by atoms with Crippen molar-refractivity contribution in [3.63, 3.8) is 0 Å². The number of rotatable bonds is 5. The number of nitrogens with zero attached hydrogens (tertiary/aromatic N) is 1. The average molecular weight is 311 g/mol. The van der Waals surface area contributed by atoms with E-state index in [1.165, 1.54) is 7.11 Å². The summed E-state index contributed by atoms with van der Waals surface area (Å²) in [5.41, 5.74) is 0.531. The maximum absolute atomic E-state index is 12.3. The van der Waals surface area contributed by atoms with E-state index in [0.717, 1.165) is 19.4 Å². The quantitative estimate of drug-likeness (QED) is 0.842. The Kier molecular flexibility index (Phi) is 5.20. The molecule has 0 aliphatic carbocycles. The minimum atomic E-state index is -0.215. The molecule has 0 spiro atoms. The molecule has 1 saturated heterocycles. The van der Waals surface area contributed by atoms with Crippen molar-refractivity contribution in [2.45, 2.75) is 18.9 Å².